The zero-order chi connectivity index (χ0) is 15.1. The fourth-order valence-corrected chi connectivity index (χ4v) is 2.52. The number of likely N-dealkylation sites (N-methyl/N-ethyl adjacent to an activating group) is 1. The Kier molecular flexibility index (Phi) is 7.88. The third-order valence-corrected chi connectivity index (χ3v) is 4.18. The molecule has 0 radical (unpaired) electrons. The summed E-state index contributed by atoms with van der Waals surface area (Å²) in [7, 11) is 2.09. The van der Waals surface area contributed by atoms with Crippen LogP contribution >= 0.6 is 27.5 Å². The fourth-order valence-electron chi connectivity index (χ4n) is 1.72. The molecule has 1 aromatic carbocycles. The van der Waals surface area contributed by atoms with Gasteiger partial charge in [0.1, 0.15) is 12.4 Å². The molecule has 1 atom stereocenters. The van der Waals surface area contributed by atoms with Gasteiger partial charge in [0.15, 0.2) is 0 Å². The fraction of sp³-hybridized carbons (Fsp3) is 0.600. The Morgan fingerprint density at radius 3 is 2.65 bits per heavy atom. The van der Waals surface area contributed by atoms with Crippen LogP contribution in [-0.2, 0) is 0 Å². The summed E-state index contributed by atoms with van der Waals surface area (Å²) in [4.78, 5) is 2.24. The number of nitrogens with two attached hydrogens (primary N) is 1. The smallest absolute Gasteiger partial charge is 0.133 e. The molecule has 0 aliphatic rings. The van der Waals surface area contributed by atoms with Gasteiger partial charge in [0, 0.05) is 17.6 Å². The molecule has 0 aliphatic heterocycles. The van der Waals surface area contributed by atoms with Crippen LogP contribution in [0, 0.1) is 5.92 Å². The van der Waals surface area contributed by atoms with Gasteiger partial charge >= 0.3 is 0 Å². The van der Waals surface area contributed by atoms with E-state index in [1.807, 2.05) is 18.2 Å². The molecule has 2 N–H and O–H groups in total. The van der Waals surface area contributed by atoms with E-state index < -0.39 is 0 Å². The molecule has 0 saturated carbocycles. The number of hydrogen-bond acceptors (Lipinski definition) is 3. The lowest BCUT2D eigenvalue weighted by Crippen LogP contribution is -2.33. The second kappa shape index (κ2) is 8.88. The highest BCUT2D eigenvalue weighted by Gasteiger charge is 2.09. The average Bonchev–Trinajstić information content (AvgIpc) is 2.38. The van der Waals surface area contributed by atoms with Crippen LogP contribution < -0.4 is 10.5 Å². The highest BCUT2D eigenvalue weighted by molar-refractivity contribution is 9.10. The Balaban J connectivity index is 2.26. The molecule has 1 aromatic rings. The van der Waals surface area contributed by atoms with Gasteiger partial charge in [-0.1, -0.05) is 25.4 Å². The lowest BCUT2D eigenvalue weighted by atomic mass is 10.0. The molecule has 0 saturated heterocycles. The van der Waals surface area contributed by atoms with E-state index in [0.29, 0.717) is 17.5 Å². The lowest BCUT2D eigenvalue weighted by Gasteiger charge is -2.21. The first kappa shape index (κ1) is 17.8. The van der Waals surface area contributed by atoms with Gasteiger partial charge in [0.25, 0.3) is 0 Å². The van der Waals surface area contributed by atoms with Gasteiger partial charge in [0.2, 0.25) is 0 Å². The first-order chi connectivity index (χ1) is 9.40. The molecule has 0 aliphatic carbocycles. The molecule has 3 nitrogen and oxygen atoms in total. The summed E-state index contributed by atoms with van der Waals surface area (Å²) in [6.07, 6.45) is 1.01. The maximum atomic E-state index is 6.04. The van der Waals surface area contributed by atoms with Gasteiger partial charge in [-0.15, -0.1) is 0 Å². The van der Waals surface area contributed by atoms with Gasteiger partial charge in [0.05, 0.1) is 4.47 Å². The van der Waals surface area contributed by atoms with Gasteiger partial charge in [-0.25, -0.2) is 0 Å². The Labute approximate surface area is 135 Å². The number of nitrogens with zero attached hydrogens (tertiary/aromatic N) is 1. The minimum atomic E-state index is 0.267. The SMILES string of the molecule is CC(C)C(N)CCN(C)CCOc1ccc(Cl)cc1Br. The number of halogens is 2. The van der Waals surface area contributed by atoms with Crippen LogP contribution in [0.4, 0.5) is 0 Å². The van der Waals surface area contributed by atoms with Crippen molar-refractivity contribution >= 4 is 27.5 Å². The third kappa shape index (κ3) is 6.44. The summed E-state index contributed by atoms with van der Waals surface area (Å²) in [5.74, 6) is 1.35. The maximum absolute atomic E-state index is 6.04. The molecule has 0 fully saturated rings. The van der Waals surface area contributed by atoms with Crippen LogP contribution in [0.2, 0.25) is 5.02 Å². The zero-order valence-electron chi connectivity index (χ0n) is 12.4. The van der Waals surface area contributed by atoms with Crippen molar-refractivity contribution in [3.8, 4) is 5.75 Å². The van der Waals surface area contributed by atoms with Crippen molar-refractivity contribution in [2.24, 2.45) is 11.7 Å². The Bertz CT molecular complexity index is 415. The largest absolute Gasteiger partial charge is 0.491 e. The Morgan fingerprint density at radius 2 is 2.05 bits per heavy atom. The van der Waals surface area contributed by atoms with Crippen molar-refractivity contribution in [2.75, 3.05) is 26.7 Å². The monoisotopic (exact) mass is 362 g/mol. The molecule has 1 rings (SSSR count). The van der Waals surface area contributed by atoms with Crippen LogP contribution in [-0.4, -0.2) is 37.7 Å². The second-order valence-electron chi connectivity index (χ2n) is 5.42. The summed E-state index contributed by atoms with van der Waals surface area (Å²) in [5, 5.41) is 0.698. The first-order valence-electron chi connectivity index (χ1n) is 6.92. The lowest BCUT2D eigenvalue weighted by molar-refractivity contribution is 0.228. The van der Waals surface area contributed by atoms with E-state index in [2.05, 4.69) is 41.7 Å². The minimum absolute atomic E-state index is 0.267. The van der Waals surface area contributed by atoms with Crippen molar-refractivity contribution in [2.45, 2.75) is 26.3 Å². The van der Waals surface area contributed by atoms with E-state index in [1.54, 1.807) is 0 Å². The molecule has 114 valence electrons. The molecule has 0 spiro atoms. The molecule has 0 bridgehead atoms. The van der Waals surface area contributed by atoms with Crippen molar-refractivity contribution in [1.82, 2.24) is 4.90 Å². The van der Waals surface area contributed by atoms with E-state index >= 15 is 0 Å². The first-order valence-corrected chi connectivity index (χ1v) is 8.09. The summed E-state index contributed by atoms with van der Waals surface area (Å²) >= 11 is 9.33. The van der Waals surface area contributed by atoms with E-state index in [-0.39, 0.29) is 6.04 Å². The predicted octanol–water partition coefficient (Wildman–Crippen LogP) is 3.79. The maximum Gasteiger partial charge on any atom is 0.133 e. The predicted molar refractivity (Wildman–Crippen MR) is 89.6 cm³/mol. The number of hydrogen-bond donors (Lipinski definition) is 1. The van der Waals surface area contributed by atoms with Crippen LogP contribution in [0.3, 0.4) is 0 Å². The van der Waals surface area contributed by atoms with Gasteiger partial charge in [-0.3, -0.25) is 0 Å². The van der Waals surface area contributed by atoms with Crippen molar-refractivity contribution in [3.05, 3.63) is 27.7 Å². The van der Waals surface area contributed by atoms with Crippen LogP contribution in [0.25, 0.3) is 0 Å². The topological polar surface area (TPSA) is 38.5 Å². The van der Waals surface area contributed by atoms with Crippen molar-refractivity contribution < 1.29 is 4.74 Å². The van der Waals surface area contributed by atoms with Crippen molar-refractivity contribution in [3.63, 3.8) is 0 Å². The highest BCUT2D eigenvalue weighted by atomic mass is 79.9. The van der Waals surface area contributed by atoms with Gasteiger partial charge in [-0.2, -0.15) is 0 Å². The molecule has 0 amide bonds. The van der Waals surface area contributed by atoms with E-state index in [1.165, 1.54) is 0 Å². The molecule has 20 heavy (non-hydrogen) atoms. The number of benzene rings is 1. The summed E-state index contributed by atoms with van der Waals surface area (Å²) in [6, 6.07) is 5.81. The highest BCUT2D eigenvalue weighted by Crippen LogP contribution is 2.27. The summed E-state index contributed by atoms with van der Waals surface area (Å²) < 4.78 is 6.62. The molecule has 0 heterocycles. The van der Waals surface area contributed by atoms with Crippen LogP contribution in [0.15, 0.2) is 22.7 Å². The average molecular weight is 364 g/mol. The van der Waals surface area contributed by atoms with E-state index in [4.69, 9.17) is 22.1 Å². The summed E-state index contributed by atoms with van der Waals surface area (Å²) in [6.45, 7) is 6.83. The van der Waals surface area contributed by atoms with Gasteiger partial charge < -0.3 is 15.4 Å². The molecular weight excluding hydrogens is 340 g/mol. The molecule has 5 heteroatoms. The zero-order valence-corrected chi connectivity index (χ0v) is 14.7. The number of ether oxygens (including phenoxy) is 1. The van der Waals surface area contributed by atoms with Crippen LogP contribution in [0.5, 0.6) is 5.75 Å². The summed E-state index contributed by atoms with van der Waals surface area (Å²) in [5.41, 5.74) is 6.04. The Hall–Kier alpha value is -0.290. The quantitative estimate of drug-likeness (QED) is 0.763. The second-order valence-corrected chi connectivity index (χ2v) is 6.71. The van der Waals surface area contributed by atoms with Gasteiger partial charge in [-0.05, 0) is 60.1 Å². The number of rotatable bonds is 8. The van der Waals surface area contributed by atoms with Crippen molar-refractivity contribution in [1.29, 1.82) is 0 Å². The standard InChI is InChI=1S/C15H24BrClN2O/c1-11(2)14(18)6-7-19(3)8-9-20-15-5-4-12(17)10-13(15)16/h4-5,10-11,14H,6-9,18H2,1-3H3. The molecular formula is C15H24BrClN2O. The minimum Gasteiger partial charge on any atom is -0.491 e. The van der Waals surface area contributed by atoms with E-state index in [9.17, 15) is 0 Å². The third-order valence-electron chi connectivity index (χ3n) is 3.32. The molecule has 1 unspecified atom stereocenters. The molecule has 0 aromatic heterocycles. The normalized spacial score (nSPS) is 13.0. The van der Waals surface area contributed by atoms with Crippen LogP contribution in [0.1, 0.15) is 20.3 Å². The Morgan fingerprint density at radius 1 is 1.35 bits per heavy atom. The van der Waals surface area contributed by atoms with E-state index in [0.717, 1.165) is 29.7 Å².